The Hall–Kier alpha value is -1.92. The SMILES string of the molecule is COCc1cc(COC)c(C)c(Nc2cc(COC)cc(COC)c2C)c1. The van der Waals surface area contributed by atoms with E-state index in [1.165, 1.54) is 11.1 Å². The molecule has 0 aromatic heterocycles. The first kappa shape index (κ1) is 21.4. The summed E-state index contributed by atoms with van der Waals surface area (Å²) < 4.78 is 21.4. The van der Waals surface area contributed by atoms with E-state index in [2.05, 4.69) is 43.4 Å². The monoisotopic (exact) mass is 373 g/mol. The molecule has 0 amide bonds. The molecule has 0 aliphatic carbocycles. The Morgan fingerprint density at radius 2 is 0.963 bits per heavy atom. The molecule has 5 heteroatoms. The molecular weight excluding hydrogens is 342 g/mol. The highest BCUT2D eigenvalue weighted by Crippen LogP contribution is 2.30. The first-order valence-electron chi connectivity index (χ1n) is 9.01. The molecule has 148 valence electrons. The van der Waals surface area contributed by atoms with E-state index >= 15 is 0 Å². The van der Waals surface area contributed by atoms with E-state index in [-0.39, 0.29) is 0 Å². The summed E-state index contributed by atoms with van der Waals surface area (Å²) in [7, 11) is 6.84. The zero-order valence-corrected chi connectivity index (χ0v) is 17.3. The van der Waals surface area contributed by atoms with E-state index in [0.29, 0.717) is 26.4 Å². The third-order valence-corrected chi connectivity index (χ3v) is 4.64. The normalized spacial score (nSPS) is 11.0. The van der Waals surface area contributed by atoms with E-state index in [9.17, 15) is 0 Å². The van der Waals surface area contributed by atoms with Gasteiger partial charge in [0.15, 0.2) is 0 Å². The lowest BCUT2D eigenvalue weighted by atomic mass is 10.0. The van der Waals surface area contributed by atoms with Crippen LogP contribution in [0.4, 0.5) is 11.4 Å². The number of anilines is 2. The molecular formula is C22H31NO4. The van der Waals surface area contributed by atoms with Crippen LogP contribution in [0.15, 0.2) is 24.3 Å². The van der Waals surface area contributed by atoms with Gasteiger partial charge in [-0.25, -0.2) is 0 Å². The summed E-state index contributed by atoms with van der Waals surface area (Å²) in [6.07, 6.45) is 0. The standard InChI is InChI=1S/C22H31NO4/c1-15-19(13-26-5)7-17(11-24-3)9-21(15)23-22-10-18(12-25-4)8-20(14-27-6)16(22)2/h7-10,23H,11-14H2,1-6H3. The minimum atomic E-state index is 0.559. The van der Waals surface area contributed by atoms with E-state index in [1.54, 1.807) is 28.4 Å². The second-order valence-electron chi connectivity index (χ2n) is 6.71. The summed E-state index contributed by atoms with van der Waals surface area (Å²) in [6, 6.07) is 8.54. The average Bonchev–Trinajstić information content (AvgIpc) is 2.63. The first-order chi connectivity index (χ1) is 13.0. The van der Waals surface area contributed by atoms with Gasteiger partial charge >= 0.3 is 0 Å². The smallest absolute Gasteiger partial charge is 0.0716 e. The Labute approximate surface area is 162 Å². The van der Waals surface area contributed by atoms with Crippen LogP contribution >= 0.6 is 0 Å². The van der Waals surface area contributed by atoms with Gasteiger partial charge in [-0.3, -0.25) is 0 Å². The van der Waals surface area contributed by atoms with Gasteiger partial charge < -0.3 is 24.3 Å². The van der Waals surface area contributed by atoms with Crippen molar-refractivity contribution in [3.8, 4) is 0 Å². The number of rotatable bonds is 10. The van der Waals surface area contributed by atoms with Crippen molar-refractivity contribution in [2.75, 3.05) is 33.8 Å². The highest BCUT2D eigenvalue weighted by Gasteiger charge is 2.12. The highest BCUT2D eigenvalue weighted by atomic mass is 16.5. The predicted molar refractivity (Wildman–Crippen MR) is 108 cm³/mol. The van der Waals surface area contributed by atoms with Gasteiger partial charge in [-0.05, 0) is 59.4 Å². The highest BCUT2D eigenvalue weighted by molar-refractivity contribution is 5.69. The molecule has 2 aromatic carbocycles. The van der Waals surface area contributed by atoms with Gasteiger partial charge in [0.1, 0.15) is 0 Å². The lowest BCUT2D eigenvalue weighted by Gasteiger charge is -2.19. The molecule has 0 unspecified atom stereocenters. The third kappa shape index (κ3) is 5.53. The summed E-state index contributed by atoms with van der Waals surface area (Å²) in [6.45, 7) is 6.47. The van der Waals surface area contributed by atoms with Gasteiger partial charge in [0.25, 0.3) is 0 Å². The van der Waals surface area contributed by atoms with Gasteiger partial charge in [0.05, 0.1) is 26.4 Å². The second kappa shape index (κ2) is 10.4. The Kier molecular flexibility index (Phi) is 8.25. The van der Waals surface area contributed by atoms with Gasteiger partial charge in [-0.1, -0.05) is 12.1 Å². The van der Waals surface area contributed by atoms with Crippen molar-refractivity contribution in [2.24, 2.45) is 0 Å². The molecule has 0 aliphatic rings. The van der Waals surface area contributed by atoms with Crippen LogP contribution in [0.25, 0.3) is 0 Å². The Balaban J connectivity index is 2.48. The molecule has 0 saturated heterocycles. The Morgan fingerprint density at radius 3 is 1.30 bits per heavy atom. The molecule has 0 radical (unpaired) electrons. The summed E-state index contributed by atoms with van der Waals surface area (Å²) >= 11 is 0. The Morgan fingerprint density at radius 1 is 0.593 bits per heavy atom. The largest absolute Gasteiger partial charge is 0.380 e. The van der Waals surface area contributed by atoms with Crippen LogP contribution in [0.3, 0.4) is 0 Å². The maximum atomic E-state index is 5.37. The number of hydrogen-bond acceptors (Lipinski definition) is 5. The van der Waals surface area contributed by atoms with E-state index in [1.807, 2.05) is 0 Å². The molecule has 5 nitrogen and oxygen atoms in total. The molecule has 27 heavy (non-hydrogen) atoms. The summed E-state index contributed by atoms with van der Waals surface area (Å²) in [5, 5.41) is 3.61. The van der Waals surface area contributed by atoms with Gasteiger partial charge in [0, 0.05) is 39.8 Å². The molecule has 0 bridgehead atoms. The molecule has 2 aromatic rings. The first-order valence-corrected chi connectivity index (χ1v) is 9.01. The van der Waals surface area contributed by atoms with E-state index < -0.39 is 0 Å². The van der Waals surface area contributed by atoms with Crippen molar-refractivity contribution in [3.63, 3.8) is 0 Å². The van der Waals surface area contributed by atoms with Crippen LogP contribution < -0.4 is 5.32 Å². The molecule has 0 fully saturated rings. The van der Waals surface area contributed by atoms with E-state index in [4.69, 9.17) is 18.9 Å². The van der Waals surface area contributed by atoms with Crippen LogP contribution in [-0.2, 0) is 45.4 Å². The third-order valence-electron chi connectivity index (χ3n) is 4.64. The lowest BCUT2D eigenvalue weighted by Crippen LogP contribution is -2.05. The molecule has 2 rings (SSSR count). The van der Waals surface area contributed by atoms with Crippen molar-refractivity contribution in [3.05, 3.63) is 57.6 Å². The van der Waals surface area contributed by atoms with Crippen LogP contribution in [0.5, 0.6) is 0 Å². The molecule has 0 spiro atoms. The summed E-state index contributed by atoms with van der Waals surface area (Å²) in [4.78, 5) is 0. The fraction of sp³-hybridized carbons (Fsp3) is 0.455. The lowest BCUT2D eigenvalue weighted by molar-refractivity contribution is 0.179. The zero-order chi connectivity index (χ0) is 19.8. The quantitative estimate of drug-likeness (QED) is 0.658. The fourth-order valence-electron chi connectivity index (χ4n) is 3.20. The van der Waals surface area contributed by atoms with Crippen molar-refractivity contribution in [1.82, 2.24) is 0 Å². The molecule has 0 atom stereocenters. The number of benzene rings is 2. The topological polar surface area (TPSA) is 49.0 Å². The van der Waals surface area contributed by atoms with Crippen LogP contribution in [-0.4, -0.2) is 28.4 Å². The number of hydrogen-bond donors (Lipinski definition) is 1. The molecule has 0 saturated carbocycles. The number of ether oxygens (including phenoxy) is 4. The van der Waals surface area contributed by atoms with Crippen molar-refractivity contribution >= 4 is 11.4 Å². The number of methoxy groups -OCH3 is 4. The van der Waals surface area contributed by atoms with Crippen LogP contribution in [0.2, 0.25) is 0 Å². The Bertz CT molecular complexity index is 695. The maximum absolute atomic E-state index is 5.37. The average molecular weight is 373 g/mol. The van der Waals surface area contributed by atoms with Crippen LogP contribution in [0.1, 0.15) is 33.4 Å². The van der Waals surface area contributed by atoms with Gasteiger partial charge in [-0.2, -0.15) is 0 Å². The van der Waals surface area contributed by atoms with E-state index in [0.717, 1.165) is 33.6 Å². The molecule has 1 N–H and O–H groups in total. The molecule has 0 aliphatic heterocycles. The number of nitrogens with one attached hydrogen (secondary N) is 1. The minimum absolute atomic E-state index is 0.559. The van der Waals surface area contributed by atoms with Crippen molar-refractivity contribution < 1.29 is 18.9 Å². The van der Waals surface area contributed by atoms with Crippen LogP contribution in [0, 0.1) is 13.8 Å². The summed E-state index contributed by atoms with van der Waals surface area (Å²) in [5.41, 5.74) is 8.97. The summed E-state index contributed by atoms with van der Waals surface area (Å²) in [5.74, 6) is 0. The second-order valence-corrected chi connectivity index (χ2v) is 6.71. The minimum Gasteiger partial charge on any atom is -0.380 e. The van der Waals surface area contributed by atoms with Crippen molar-refractivity contribution in [1.29, 1.82) is 0 Å². The fourth-order valence-corrected chi connectivity index (χ4v) is 3.20. The van der Waals surface area contributed by atoms with Crippen molar-refractivity contribution in [2.45, 2.75) is 40.3 Å². The molecule has 0 heterocycles. The maximum Gasteiger partial charge on any atom is 0.0716 e. The van der Waals surface area contributed by atoms with Gasteiger partial charge in [0.2, 0.25) is 0 Å². The predicted octanol–water partition coefficient (Wildman–Crippen LogP) is 4.63. The van der Waals surface area contributed by atoms with Gasteiger partial charge in [-0.15, -0.1) is 0 Å². The zero-order valence-electron chi connectivity index (χ0n) is 17.3.